The number of aromatic hydroxyl groups is 1. The number of hydrogen-bond acceptors (Lipinski definition) is 5. The average molecular weight is 276 g/mol. The highest BCUT2D eigenvalue weighted by Crippen LogP contribution is 2.33. The summed E-state index contributed by atoms with van der Waals surface area (Å²) in [5.41, 5.74) is 0.796. The highest BCUT2D eigenvalue weighted by molar-refractivity contribution is 7.99. The highest BCUT2D eigenvalue weighted by Gasteiger charge is 2.08. The van der Waals surface area contributed by atoms with Gasteiger partial charge in [-0.2, -0.15) is 0 Å². The zero-order valence-corrected chi connectivity index (χ0v) is 11.7. The van der Waals surface area contributed by atoms with Crippen LogP contribution in [-0.4, -0.2) is 26.6 Å². The van der Waals surface area contributed by atoms with Crippen LogP contribution in [0.1, 0.15) is 19.5 Å². The molecule has 2 rings (SSSR count). The van der Waals surface area contributed by atoms with Gasteiger partial charge in [0.25, 0.3) is 0 Å². The van der Waals surface area contributed by atoms with Gasteiger partial charge in [0.1, 0.15) is 16.5 Å². The van der Waals surface area contributed by atoms with Crippen LogP contribution in [0.5, 0.6) is 5.75 Å². The van der Waals surface area contributed by atoms with Gasteiger partial charge in [-0.05, 0) is 19.9 Å². The van der Waals surface area contributed by atoms with Crippen LogP contribution in [0.3, 0.4) is 0 Å². The SMILES string of the molecule is C/C=C/c1nc(Sc2c[nH]cc2O)cnc1NCC. The third-order valence-corrected chi connectivity index (χ3v) is 3.30. The maximum absolute atomic E-state index is 9.60. The van der Waals surface area contributed by atoms with Crippen LogP contribution in [0, 0.1) is 0 Å². The van der Waals surface area contributed by atoms with Gasteiger partial charge in [-0.1, -0.05) is 17.8 Å². The second-order valence-electron chi connectivity index (χ2n) is 3.78. The number of H-pyrrole nitrogens is 1. The predicted molar refractivity (Wildman–Crippen MR) is 77.5 cm³/mol. The summed E-state index contributed by atoms with van der Waals surface area (Å²) in [6.45, 7) is 4.75. The van der Waals surface area contributed by atoms with E-state index in [1.54, 1.807) is 12.4 Å². The summed E-state index contributed by atoms with van der Waals surface area (Å²) in [7, 11) is 0. The van der Waals surface area contributed by atoms with Gasteiger partial charge >= 0.3 is 0 Å². The van der Waals surface area contributed by atoms with E-state index in [2.05, 4.69) is 20.3 Å². The number of nitrogens with zero attached hydrogens (tertiary/aromatic N) is 2. The maximum Gasteiger partial charge on any atom is 0.152 e. The van der Waals surface area contributed by atoms with Crippen molar-refractivity contribution in [3.63, 3.8) is 0 Å². The molecule has 19 heavy (non-hydrogen) atoms. The van der Waals surface area contributed by atoms with Crippen LogP contribution < -0.4 is 5.32 Å². The van der Waals surface area contributed by atoms with Crippen LogP contribution in [0.25, 0.3) is 6.08 Å². The zero-order chi connectivity index (χ0) is 13.7. The molecule has 100 valence electrons. The van der Waals surface area contributed by atoms with E-state index in [1.807, 2.05) is 26.0 Å². The summed E-state index contributed by atoms with van der Waals surface area (Å²) in [6.07, 6.45) is 8.80. The topological polar surface area (TPSA) is 73.8 Å². The number of hydrogen-bond donors (Lipinski definition) is 3. The lowest BCUT2D eigenvalue weighted by Gasteiger charge is -2.07. The van der Waals surface area contributed by atoms with Gasteiger partial charge in [0, 0.05) is 18.9 Å². The Hall–Kier alpha value is -1.95. The Morgan fingerprint density at radius 1 is 1.47 bits per heavy atom. The van der Waals surface area contributed by atoms with Crippen LogP contribution in [0.4, 0.5) is 5.82 Å². The Balaban J connectivity index is 2.27. The van der Waals surface area contributed by atoms with Crippen LogP contribution in [0.2, 0.25) is 0 Å². The maximum atomic E-state index is 9.60. The number of allylic oxidation sites excluding steroid dienone is 1. The van der Waals surface area contributed by atoms with Gasteiger partial charge in [-0.25, -0.2) is 9.97 Å². The molecular formula is C13H16N4OS. The van der Waals surface area contributed by atoms with E-state index in [0.29, 0.717) is 0 Å². The monoisotopic (exact) mass is 276 g/mol. The minimum Gasteiger partial charge on any atom is -0.505 e. The molecule has 0 aliphatic carbocycles. The van der Waals surface area contributed by atoms with Crippen molar-refractivity contribution in [3.8, 4) is 5.75 Å². The quantitative estimate of drug-likeness (QED) is 0.782. The summed E-state index contributed by atoms with van der Waals surface area (Å²) in [6, 6.07) is 0. The highest BCUT2D eigenvalue weighted by atomic mass is 32.2. The van der Waals surface area contributed by atoms with Crippen molar-refractivity contribution in [2.45, 2.75) is 23.8 Å². The first-order valence-corrected chi connectivity index (χ1v) is 6.83. The van der Waals surface area contributed by atoms with Gasteiger partial charge in [-0.3, -0.25) is 0 Å². The standard InChI is InChI=1S/C13H16N4OS/c1-3-5-9-13(15-4-2)16-8-12(17-9)19-11-7-14-6-10(11)18/h3,5-8,14,18H,4H2,1-2H3,(H,15,16)/b5-3+. The first kappa shape index (κ1) is 13.5. The van der Waals surface area contributed by atoms with E-state index in [0.717, 1.165) is 28.0 Å². The van der Waals surface area contributed by atoms with E-state index in [1.165, 1.54) is 18.0 Å². The van der Waals surface area contributed by atoms with Gasteiger partial charge in [-0.15, -0.1) is 0 Å². The summed E-state index contributed by atoms with van der Waals surface area (Å²) < 4.78 is 0. The summed E-state index contributed by atoms with van der Waals surface area (Å²) in [5, 5.41) is 13.5. The normalized spacial score (nSPS) is 11.1. The first-order valence-electron chi connectivity index (χ1n) is 6.01. The number of rotatable bonds is 5. The molecule has 0 amide bonds. The van der Waals surface area contributed by atoms with Crippen molar-refractivity contribution in [1.82, 2.24) is 15.0 Å². The van der Waals surface area contributed by atoms with Gasteiger partial charge in [0.05, 0.1) is 11.1 Å². The number of nitrogens with one attached hydrogen (secondary N) is 2. The number of anilines is 1. The van der Waals surface area contributed by atoms with Crippen molar-refractivity contribution in [2.75, 3.05) is 11.9 Å². The molecule has 0 aliphatic heterocycles. The molecule has 0 bridgehead atoms. The van der Waals surface area contributed by atoms with E-state index in [-0.39, 0.29) is 5.75 Å². The number of aromatic nitrogens is 3. The van der Waals surface area contributed by atoms with Crippen LogP contribution in [0.15, 0.2) is 34.6 Å². The third-order valence-electron chi connectivity index (χ3n) is 2.35. The second-order valence-corrected chi connectivity index (χ2v) is 4.84. The van der Waals surface area contributed by atoms with E-state index < -0.39 is 0 Å². The fourth-order valence-electron chi connectivity index (χ4n) is 1.55. The van der Waals surface area contributed by atoms with Crippen molar-refractivity contribution in [1.29, 1.82) is 0 Å². The molecule has 0 saturated carbocycles. The number of aromatic amines is 1. The minimum absolute atomic E-state index is 0.218. The molecule has 0 saturated heterocycles. The molecule has 3 N–H and O–H groups in total. The Morgan fingerprint density at radius 2 is 2.32 bits per heavy atom. The molecule has 0 aromatic carbocycles. The lowest BCUT2D eigenvalue weighted by Crippen LogP contribution is -2.03. The van der Waals surface area contributed by atoms with Crippen LogP contribution in [-0.2, 0) is 0 Å². The molecule has 0 spiro atoms. The van der Waals surface area contributed by atoms with E-state index >= 15 is 0 Å². The Kier molecular flexibility index (Phi) is 4.46. The van der Waals surface area contributed by atoms with Gasteiger partial charge < -0.3 is 15.4 Å². The zero-order valence-electron chi connectivity index (χ0n) is 10.8. The summed E-state index contributed by atoms with van der Waals surface area (Å²) in [5.74, 6) is 0.985. The molecule has 0 radical (unpaired) electrons. The molecule has 6 heteroatoms. The lowest BCUT2D eigenvalue weighted by atomic mass is 10.3. The lowest BCUT2D eigenvalue weighted by molar-refractivity contribution is 0.464. The van der Waals surface area contributed by atoms with Crippen molar-refractivity contribution in [2.24, 2.45) is 0 Å². The van der Waals surface area contributed by atoms with E-state index in [9.17, 15) is 5.11 Å². The fraction of sp³-hybridized carbons (Fsp3) is 0.231. The summed E-state index contributed by atoms with van der Waals surface area (Å²) >= 11 is 1.37. The Labute approximate surface area is 116 Å². The smallest absolute Gasteiger partial charge is 0.152 e. The molecule has 0 atom stereocenters. The largest absolute Gasteiger partial charge is 0.505 e. The summed E-state index contributed by atoms with van der Waals surface area (Å²) in [4.78, 5) is 12.5. The minimum atomic E-state index is 0.218. The second kappa shape index (κ2) is 6.29. The van der Waals surface area contributed by atoms with Gasteiger partial charge in [0.15, 0.2) is 5.82 Å². The molecule has 2 aromatic rings. The average Bonchev–Trinajstić information content (AvgIpc) is 2.79. The molecule has 0 aliphatic rings. The molecular weight excluding hydrogens is 260 g/mol. The van der Waals surface area contributed by atoms with E-state index in [4.69, 9.17) is 0 Å². The molecule has 2 heterocycles. The van der Waals surface area contributed by atoms with Crippen molar-refractivity contribution < 1.29 is 5.11 Å². The fourth-order valence-corrected chi connectivity index (χ4v) is 2.31. The van der Waals surface area contributed by atoms with Crippen LogP contribution >= 0.6 is 11.8 Å². The van der Waals surface area contributed by atoms with Crippen molar-refractivity contribution >= 4 is 23.7 Å². The molecule has 2 aromatic heterocycles. The van der Waals surface area contributed by atoms with Crippen molar-refractivity contribution in [3.05, 3.63) is 30.4 Å². The third kappa shape index (κ3) is 3.29. The Morgan fingerprint density at radius 3 is 2.95 bits per heavy atom. The first-order chi connectivity index (χ1) is 9.24. The molecule has 0 unspecified atom stereocenters. The Bertz CT molecular complexity index is 580. The predicted octanol–water partition coefficient (Wildman–Crippen LogP) is 3.13. The molecule has 5 nitrogen and oxygen atoms in total. The van der Waals surface area contributed by atoms with Gasteiger partial charge in [0.2, 0.25) is 0 Å². The molecule has 0 fully saturated rings.